The average Bonchev–Trinajstić information content (AvgIpc) is 2.92. The van der Waals surface area contributed by atoms with Crippen molar-refractivity contribution < 1.29 is 4.42 Å². The molecule has 1 fully saturated rings. The van der Waals surface area contributed by atoms with Gasteiger partial charge in [-0.1, -0.05) is 34.6 Å². The molecule has 6 nitrogen and oxygen atoms in total. The zero-order valence-electron chi connectivity index (χ0n) is 10.6. The van der Waals surface area contributed by atoms with Gasteiger partial charge in [-0.05, 0) is 19.8 Å². The zero-order valence-corrected chi connectivity index (χ0v) is 12.3. The SMILES string of the molecule is Cc1nnc(SCCNc2nnc(C3CCC3)o2)s1. The van der Waals surface area contributed by atoms with Crippen molar-refractivity contribution in [1.29, 1.82) is 0 Å². The first-order valence-corrected chi connectivity index (χ1v) is 8.11. The van der Waals surface area contributed by atoms with Crippen molar-refractivity contribution in [2.75, 3.05) is 17.6 Å². The predicted molar refractivity (Wildman–Crippen MR) is 74.7 cm³/mol. The molecule has 0 aliphatic heterocycles. The molecule has 0 atom stereocenters. The molecule has 8 heteroatoms. The summed E-state index contributed by atoms with van der Waals surface area (Å²) in [5.41, 5.74) is 0. The Bertz CT molecular complexity index is 537. The first-order chi connectivity index (χ1) is 9.31. The molecule has 2 aromatic rings. The van der Waals surface area contributed by atoms with Crippen molar-refractivity contribution in [2.24, 2.45) is 0 Å². The third-order valence-electron chi connectivity index (χ3n) is 3.01. The molecule has 2 aromatic heterocycles. The minimum Gasteiger partial charge on any atom is -0.408 e. The summed E-state index contributed by atoms with van der Waals surface area (Å²) in [6, 6.07) is 0.524. The molecule has 0 spiro atoms. The van der Waals surface area contributed by atoms with Crippen molar-refractivity contribution >= 4 is 29.1 Å². The topological polar surface area (TPSA) is 76.7 Å². The number of aryl methyl sites for hydroxylation is 1. The highest BCUT2D eigenvalue weighted by Crippen LogP contribution is 2.35. The van der Waals surface area contributed by atoms with Crippen molar-refractivity contribution in [2.45, 2.75) is 36.4 Å². The highest BCUT2D eigenvalue weighted by atomic mass is 32.2. The van der Waals surface area contributed by atoms with Crippen molar-refractivity contribution in [3.05, 3.63) is 10.9 Å². The second-order valence-corrected chi connectivity index (χ2v) is 6.96. The molecule has 1 aliphatic carbocycles. The monoisotopic (exact) mass is 297 g/mol. The Balaban J connectivity index is 1.40. The molecule has 0 saturated heterocycles. The second kappa shape index (κ2) is 5.87. The normalized spacial score (nSPS) is 15.4. The molecule has 0 bridgehead atoms. The van der Waals surface area contributed by atoms with Crippen LogP contribution in [0, 0.1) is 6.92 Å². The van der Waals surface area contributed by atoms with E-state index >= 15 is 0 Å². The van der Waals surface area contributed by atoms with Gasteiger partial charge in [-0.25, -0.2) is 0 Å². The van der Waals surface area contributed by atoms with E-state index in [4.69, 9.17) is 4.42 Å². The number of thioether (sulfide) groups is 1. The van der Waals surface area contributed by atoms with Gasteiger partial charge in [-0.3, -0.25) is 0 Å². The summed E-state index contributed by atoms with van der Waals surface area (Å²) in [5.74, 6) is 2.17. The third kappa shape index (κ3) is 3.24. The van der Waals surface area contributed by atoms with Crippen LogP contribution in [-0.2, 0) is 0 Å². The van der Waals surface area contributed by atoms with E-state index in [2.05, 4.69) is 25.7 Å². The molecule has 0 amide bonds. The lowest BCUT2D eigenvalue weighted by atomic mass is 9.85. The van der Waals surface area contributed by atoms with E-state index in [1.807, 2.05) is 6.92 Å². The van der Waals surface area contributed by atoms with Crippen LogP contribution in [-0.4, -0.2) is 32.7 Å². The molecular formula is C11H15N5OS2. The van der Waals surface area contributed by atoms with Crippen LogP contribution in [0.5, 0.6) is 0 Å². The van der Waals surface area contributed by atoms with Crippen molar-refractivity contribution in [3.63, 3.8) is 0 Å². The minimum atomic E-state index is 0.488. The second-order valence-electron chi connectivity index (χ2n) is 4.44. The van der Waals surface area contributed by atoms with E-state index < -0.39 is 0 Å². The Morgan fingerprint density at radius 1 is 1.32 bits per heavy atom. The summed E-state index contributed by atoms with van der Waals surface area (Å²) in [6.45, 7) is 2.73. The summed E-state index contributed by atoms with van der Waals surface area (Å²) >= 11 is 3.30. The maximum atomic E-state index is 5.58. The van der Waals surface area contributed by atoms with Crippen LogP contribution in [0.15, 0.2) is 8.76 Å². The lowest BCUT2D eigenvalue weighted by molar-refractivity contribution is 0.338. The minimum absolute atomic E-state index is 0.488. The maximum Gasteiger partial charge on any atom is 0.315 e. The van der Waals surface area contributed by atoms with Gasteiger partial charge in [-0.15, -0.1) is 15.3 Å². The smallest absolute Gasteiger partial charge is 0.315 e. The van der Waals surface area contributed by atoms with Crippen LogP contribution in [0.3, 0.4) is 0 Å². The Hall–Kier alpha value is -1.15. The Morgan fingerprint density at radius 2 is 2.21 bits per heavy atom. The fourth-order valence-corrected chi connectivity index (χ4v) is 3.50. The van der Waals surface area contributed by atoms with Crippen LogP contribution in [0.2, 0.25) is 0 Å². The van der Waals surface area contributed by atoms with Gasteiger partial charge in [0.25, 0.3) is 0 Å². The average molecular weight is 297 g/mol. The van der Waals surface area contributed by atoms with Gasteiger partial charge in [0.05, 0.1) is 0 Å². The zero-order chi connectivity index (χ0) is 13.1. The number of hydrogen-bond donors (Lipinski definition) is 1. The van der Waals surface area contributed by atoms with Crippen LogP contribution < -0.4 is 5.32 Å². The lowest BCUT2D eigenvalue weighted by Crippen LogP contribution is -2.08. The highest BCUT2D eigenvalue weighted by molar-refractivity contribution is 8.01. The van der Waals surface area contributed by atoms with E-state index in [-0.39, 0.29) is 0 Å². The van der Waals surface area contributed by atoms with Gasteiger partial charge >= 0.3 is 6.01 Å². The van der Waals surface area contributed by atoms with E-state index in [0.717, 1.165) is 27.5 Å². The highest BCUT2D eigenvalue weighted by Gasteiger charge is 2.24. The number of nitrogens with one attached hydrogen (secondary N) is 1. The Labute approximate surface area is 119 Å². The predicted octanol–water partition coefficient (Wildman–Crippen LogP) is 2.70. The van der Waals surface area contributed by atoms with Gasteiger partial charge in [0.1, 0.15) is 5.01 Å². The van der Waals surface area contributed by atoms with E-state index in [1.165, 1.54) is 19.3 Å². The summed E-state index contributed by atoms with van der Waals surface area (Å²) in [4.78, 5) is 0. The van der Waals surface area contributed by atoms with Gasteiger partial charge in [0, 0.05) is 18.2 Å². The van der Waals surface area contributed by atoms with Gasteiger partial charge in [0.15, 0.2) is 4.34 Å². The van der Waals surface area contributed by atoms with Crippen molar-refractivity contribution in [1.82, 2.24) is 20.4 Å². The van der Waals surface area contributed by atoms with Crippen molar-refractivity contribution in [3.8, 4) is 0 Å². The van der Waals surface area contributed by atoms with Crippen LogP contribution in [0.4, 0.5) is 6.01 Å². The summed E-state index contributed by atoms with van der Waals surface area (Å²) in [6.07, 6.45) is 3.62. The summed E-state index contributed by atoms with van der Waals surface area (Å²) < 4.78 is 6.58. The molecule has 1 N–H and O–H groups in total. The van der Waals surface area contributed by atoms with E-state index in [1.54, 1.807) is 23.1 Å². The van der Waals surface area contributed by atoms with Crippen LogP contribution in [0.1, 0.15) is 36.1 Å². The largest absolute Gasteiger partial charge is 0.408 e. The Morgan fingerprint density at radius 3 is 2.89 bits per heavy atom. The number of hydrogen-bond acceptors (Lipinski definition) is 8. The van der Waals surface area contributed by atoms with Crippen LogP contribution in [0.25, 0.3) is 0 Å². The number of rotatable bonds is 6. The summed E-state index contributed by atoms with van der Waals surface area (Å²) in [5, 5.41) is 20.3. The fraction of sp³-hybridized carbons (Fsp3) is 0.636. The third-order valence-corrected chi connectivity index (χ3v) is 4.98. The standard InChI is InChI=1S/C11H15N5OS2/c1-7-13-16-11(19-7)18-6-5-12-10-15-14-9(17-10)8-3-2-4-8/h8H,2-6H2,1H3,(H,12,15). The molecule has 0 radical (unpaired) electrons. The molecule has 3 rings (SSSR count). The first kappa shape index (κ1) is 12.9. The van der Waals surface area contributed by atoms with E-state index in [9.17, 15) is 0 Å². The molecule has 0 aromatic carbocycles. The van der Waals surface area contributed by atoms with Gasteiger partial charge in [-0.2, -0.15) is 0 Å². The quantitative estimate of drug-likeness (QED) is 0.649. The van der Waals surface area contributed by atoms with Gasteiger partial charge in [0.2, 0.25) is 5.89 Å². The molecule has 102 valence electrons. The number of nitrogens with zero attached hydrogens (tertiary/aromatic N) is 4. The Kier molecular flexibility index (Phi) is 3.97. The van der Waals surface area contributed by atoms with E-state index in [0.29, 0.717) is 11.9 Å². The molecule has 0 unspecified atom stereocenters. The summed E-state index contributed by atoms with van der Waals surface area (Å²) in [7, 11) is 0. The number of aromatic nitrogens is 4. The molecule has 1 saturated carbocycles. The number of anilines is 1. The first-order valence-electron chi connectivity index (χ1n) is 6.31. The molecule has 19 heavy (non-hydrogen) atoms. The van der Waals surface area contributed by atoms with Gasteiger partial charge < -0.3 is 9.73 Å². The maximum absolute atomic E-state index is 5.58. The molecule has 1 aliphatic rings. The lowest BCUT2D eigenvalue weighted by Gasteiger charge is -2.20. The van der Waals surface area contributed by atoms with Crippen LogP contribution >= 0.6 is 23.1 Å². The molecule has 2 heterocycles. The fourth-order valence-electron chi connectivity index (χ4n) is 1.76. The molecular weight excluding hydrogens is 282 g/mol.